The molecule has 3 rings (SSSR count). The van der Waals surface area contributed by atoms with Crippen molar-refractivity contribution in [1.29, 1.82) is 0 Å². The Bertz CT molecular complexity index is 1060. The fraction of sp³-hybridized carbons (Fsp3) is 0.458. The maximum Gasteiger partial charge on any atom is 0.343 e. The molecule has 0 amide bonds. The van der Waals surface area contributed by atoms with Crippen molar-refractivity contribution in [2.24, 2.45) is 0 Å². The van der Waals surface area contributed by atoms with Gasteiger partial charge in [0.1, 0.15) is 17.1 Å². The molecule has 1 unspecified atom stereocenters. The number of nitrogens with zero attached hydrogens (tertiary/aromatic N) is 1. The molecule has 1 atom stereocenters. The van der Waals surface area contributed by atoms with E-state index in [9.17, 15) is 9.90 Å². The molecule has 0 aliphatic heterocycles. The zero-order valence-electron chi connectivity index (χ0n) is 18.4. The van der Waals surface area contributed by atoms with E-state index in [1.165, 1.54) is 6.92 Å². The van der Waals surface area contributed by atoms with Crippen LogP contribution in [0.5, 0.6) is 11.5 Å². The minimum atomic E-state index is -0.573. The van der Waals surface area contributed by atoms with Crippen LogP contribution in [0.3, 0.4) is 0 Å². The minimum absolute atomic E-state index is 0.0655. The van der Waals surface area contributed by atoms with E-state index in [4.69, 9.17) is 13.6 Å². The molecule has 6 heteroatoms. The highest BCUT2D eigenvalue weighted by atomic mass is 16.5. The number of aromatic hydroxyl groups is 1. The zero-order valence-corrected chi connectivity index (χ0v) is 18.4. The lowest BCUT2D eigenvalue weighted by Crippen LogP contribution is -2.25. The van der Waals surface area contributed by atoms with Crippen molar-refractivity contribution in [3.05, 3.63) is 45.8 Å². The summed E-state index contributed by atoms with van der Waals surface area (Å²) in [6.45, 7) is 12.9. The van der Waals surface area contributed by atoms with Crippen LogP contribution in [0.2, 0.25) is 0 Å². The van der Waals surface area contributed by atoms with Crippen LogP contribution < -0.4 is 10.4 Å². The highest BCUT2D eigenvalue weighted by Crippen LogP contribution is 2.34. The first-order valence-corrected chi connectivity index (χ1v) is 10.6. The number of rotatable bonds is 9. The van der Waals surface area contributed by atoms with Crippen molar-refractivity contribution in [2.45, 2.75) is 53.6 Å². The number of fused-ring (bicyclic) bond motifs is 1. The van der Waals surface area contributed by atoms with Crippen molar-refractivity contribution < 1.29 is 18.7 Å². The van der Waals surface area contributed by atoms with Gasteiger partial charge in [0.15, 0.2) is 11.5 Å². The monoisotopic (exact) mass is 413 g/mol. The Morgan fingerprint density at radius 1 is 1.10 bits per heavy atom. The summed E-state index contributed by atoms with van der Waals surface area (Å²) in [4.78, 5) is 14.4. The third-order valence-corrected chi connectivity index (χ3v) is 5.58. The molecule has 30 heavy (non-hydrogen) atoms. The number of furan rings is 1. The van der Waals surface area contributed by atoms with E-state index in [2.05, 4.69) is 25.7 Å². The van der Waals surface area contributed by atoms with E-state index in [-0.39, 0.29) is 23.2 Å². The molecular formula is C24H31NO5. The third-order valence-electron chi connectivity index (χ3n) is 5.58. The highest BCUT2D eigenvalue weighted by Gasteiger charge is 2.18. The molecule has 1 N–H and O–H groups in total. The molecule has 2 aromatic heterocycles. The molecule has 6 nitrogen and oxygen atoms in total. The SMILES string of the molecule is CCN(CC)CCCC(C)Oc1ccc2cc(-c3oc(=O)c(C)c(O)c3C)oc2c1. The summed E-state index contributed by atoms with van der Waals surface area (Å²) >= 11 is 0. The van der Waals surface area contributed by atoms with Gasteiger partial charge < -0.3 is 23.6 Å². The molecule has 162 valence electrons. The lowest BCUT2D eigenvalue weighted by Gasteiger charge is -2.20. The van der Waals surface area contributed by atoms with E-state index in [1.807, 2.05) is 18.2 Å². The van der Waals surface area contributed by atoms with Crippen LogP contribution in [0.15, 0.2) is 37.9 Å². The second-order valence-electron chi connectivity index (χ2n) is 7.73. The largest absolute Gasteiger partial charge is 0.507 e. The van der Waals surface area contributed by atoms with Crippen molar-refractivity contribution >= 4 is 11.0 Å². The van der Waals surface area contributed by atoms with Gasteiger partial charge in [0.05, 0.1) is 11.7 Å². The number of benzene rings is 1. The van der Waals surface area contributed by atoms with E-state index in [0.717, 1.165) is 43.6 Å². The normalized spacial score (nSPS) is 12.6. The molecule has 1 aromatic carbocycles. The molecule has 0 bridgehead atoms. The first kappa shape index (κ1) is 22.0. The zero-order chi connectivity index (χ0) is 21.8. The van der Waals surface area contributed by atoms with Crippen LogP contribution in [0.4, 0.5) is 0 Å². The predicted molar refractivity (Wildman–Crippen MR) is 118 cm³/mol. The van der Waals surface area contributed by atoms with Gasteiger partial charge in [0, 0.05) is 17.0 Å². The molecule has 0 radical (unpaired) electrons. The molecular weight excluding hydrogens is 382 g/mol. The van der Waals surface area contributed by atoms with Gasteiger partial charge in [-0.05, 0) is 71.4 Å². The van der Waals surface area contributed by atoms with Gasteiger partial charge in [-0.3, -0.25) is 0 Å². The molecule has 0 fully saturated rings. The van der Waals surface area contributed by atoms with Crippen LogP contribution in [0.25, 0.3) is 22.5 Å². The van der Waals surface area contributed by atoms with Crippen LogP contribution in [0, 0.1) is 13.8 Å². The summed E-state index contributed by atoms with van der Waals surface area (Å²) in [6, 6.07) is 7.48. The summed E-state index contributed by atoms with van der Waals surface area (Å²) < 4.78 is 17.4. The van der Waals surface area contributed by atoms with Crippen molar-refractivity contribution in [2.75, 3.05) is 19.6 Å². The topological polar surface area (TPSA) is 76.0 Å². The Labute approximate surface area is 177 Å². The van der Waals surface area contributed by atoms with Gasteiger partial charge in [-0.15, -0.1) is 0 Å². The Hall–Kier alpha value is -2.73. The standard InChI is InChI=1S/C24H31NO5/c1-6-25(7-2)12-8-9-15(3)28-19-11-10-18-13-21(29-20(18)14-19)23-16(4)22(26)17(5)24(27)30-23/h10-11,13-15,26H,6-9,12H2,1-5H3. The van der Waals surface area contributed by atoms with Crippen LogP contribution >= 0.6 is 0 Å². The lowest BCUT2D eigenvalue weighted by molar-refractivity contribution is 0.196. The van der Waals surface area contributed by atoms with E-state index in [0.29, 0.717) is 16.9 Å². The molecule has 0 spiro atoms. The van der Waals surface area contributed by atoms with Gasteiger partial charge in [-0.2, -0.15) is 0 Å². The summed E-state index contributed by atoms with van der Waals surface area (Å²) in [5.41, 5.74) is 0.735. The summed E-state index contributed by atoms with van der Waals surface area (Å²) in [7, 11) is 0. The Morgan fingerprint density at radius 2 is 1.83 bits per heavy atom. The van der Waals surface area contributed by atoms with Gasteiger partial charge in [-0.1, -0.05) is 13.8 Å². The molecule has 2 heterocycles. The van der Waals surface area contributed by atoms with Crippen LogP contribution in [-0.4, -0.2) is 35.7 Å². The molecule has 3 aromatic rings. The number of ether oxygens (including phenoxy) is 1. The van der Waals surface area contributed by atoms with Crippen LogP contribution in [0.1, 0.15) is 44.7 Å². The number of hydrogen-bond donors (Lipinski definition) is 1. The lowest BCUT2D eigenvalue weighted by atomic mass is 10.1. The minimum Gasteiger partial charge on any atom is -0.507 e. The first-order valence-electron chi connectivity index (χ1n) is 10.6. The average Bonchev–Trinajstić information content (AvgIpc) is 3.15. The molecule has 0 aliphatic rings. The van der Waals surface area contributed by atoms with Gasteiger partial charge in [0.2, 0.25) is 0 Å². The van der Waals surface area contributed by atoms with Crippen molar-refractivity contribution in [3.63, 3.8) is 0 Å². The average molecular weight is 414 g/mol. The molecule has 0 saturated carbocycles. The second-order valence-corrected chi connectivity index (χ2v) is 7.73. The van der Waals surface area contributed by atoms with Crippen molar-refractivity contribution in [3.8, 4) is 23.0 Å². The second kappa shape index (κ2) is 9.39. The first-order chi connectivity index (χ1) is 14.3. The quantitative estimate of drug-likeness (QED) is 0.515. The smallest absolute Gasteiger partial charge is 0.343 e. The van der Waals surface area contributed by atoms with Gasteiger partial charge in [-0.25, -0.2) is 4.79 Å². The summed E-state index contributed by atoms with van der Waals surface area (Å²) in [6.07, 6.45) is 2.16. The van der Waals surface area contributed by atoms with E-state index in [1.54, 1.807) is 13.0 Å². The van der Waals surface area contributed by atoms with Crippen molar-refractivity contribution in [1.82, 2.24) is 4.90 Å². The van der Waals surface area contributed by atoms with Gasteiger partial charge >= 0.3 is 5.63 Å². The molecule has 0 aliphatic carbocycles. The van der Waals surface area contributed by atoms with Crippen LogP contribution in [-0.2, 0) is 0 Å². The highest BCUT2D eigenvalue weighted by molar-refractivity contribution is 5.83. The number of hydrogen-bond acceptors (Lipinski definition) is 6. The summed E-state index contributed by atoms with van der Waals surface area (Å²) in [5.74, 6) is 1.32. The summed E-state index contributed by atoms with van der Waals surface area (Å²) in [5, 5.41) is 11.0. The maximum atomic E-state index is 12.0. The van der Waals surface area contributed by atoms with E-state index < -0.39 is 5.63 Å². The maximum absolute atomic E-state index is 12.0. The Morgan fingerprint density at radius 3 is 2.53 bits per heavy atom. The molecule has 0 saturated heterocycles. The predicted octanol–water partition coefficient (Wildman–Crippen LogP) is 5.26. The fourth-order valence-corrected chi connectivity index (χ4v) is 3.60. The fourth-order valence-electron chi connectivity index (χ4n) is 3.60. The Kier molecular flexibility index (Phi) is 6.87. The van der Waals surface area contributed by atoms with E-state index >= 15 is 0 Å². The Balaban J connectivity index is 1.75. The third kappa shape index (κ3) is 4.70. The van der Waals surface area contributed by atoms with Gasteiger partial charge in [0.25, 0.3) is 0 Å².